The zero-order valence-corrected chi connectivity index (χ0v) is 31.4. The van der Waals surface area contributed by atoms with Gasteiger partial charge in [-0.3, -0.25) is 9.59 Å². The Balaban J connectivity index is 3.69. The quantitative estimate of drug-likeness (QED) is 0.0416. The molecule has 0 spiro atoms. The molecule has 0 aliphatic carbocycles. The zero-order chi connectivity index (χ0) is 35.7. The first-order valence-corrected chi connectivity index (χ1v) is 19.6. The average molecular weight is 681 g/mol. The lowest BCUT2D eigenvalue weighted by molar-refractivity contribution is -0.161. The molecule has 0 aliphatic rings. The van der Waals surface area contributed by atoms with Gasteiger partial charge >= 0.3 is 11.9 Å². The van der Waals surface area contributed by atoms with Crippen LogP contribution in [0.5, 0.6) is 0 Å². The molecule has 1 atom stereocenters. The van der Waals surface area contributed by atoms with Crippen molar-refractivity contribution in [1.29, 1.82) is 0 Å². The van der Waals surface area contributed by atoms with Crippen LogP contribution >= 0.6 is 0 Å². The third-order valence-corrected chi connectivity index (χ3v) is 7.92. The molecule has 0 heterocycles. The van der Waals surface area contributed by atoms with Crippen LogP contribution in [0.3, 0.4) is 0 Å². The highest BCUT2D eigenvalue weighted by atomic mass is 16.6. The number of esters is 2. The number of rotatable bonds is 34. The number of aliphatic hydroxyl groups is 1. The van der Waals surface area contributed by atoms with E-state index >= 15 is 0 Å². The summed E-state index contributed by atoms with van der Waals surface area (Å²) in [6, 6.07) is 0. The summed E-state index contributed by atoms with van der Waals surface area (Å²) in [5.41, 5.74) is 0. The lowest BCUT2D eigenvalue weighted by Gasteiger charge is -2.15. The van der Waals surface area contributed by atoms with Crippen molar-refractivity contribution < 1.29 is 24.2 Å². The Morgan fingerprint density at radius 3 is 1.35 bits per heavy atom. The van der Waals surface area contributed by atoms with E-state index < -0.39 is 6.10 Å². The molecule has 1 unspecified atom stereocenters. The maximum absolute atomic E-state index is 12.2. The fourth-order valence-electron chi connectivity index (χ4n) is 4.96. The van der Waals surface area contributed by atoms with Crippen LogP contribution in [0.1, 0.15) is 162 Å². The molecule has 5 nitrogen and oxygen atoms in total. The van der Waals surface area contributed by atoms with E-state index in [1.165, 1.54) is 44.9 Å². The molecule has 0 saturated heterocycles. The number of hydrogen-bond donors (Lipinski definition) is 1. The fraction of sp³-hybridized carbons (Fsp3) is 0.636. The second kappa shape index (κ2) is 39.5. The SMILES string of the molecule is CC/C=C\C/C=C\C/C=C\C/C=C\C/C=C\CCCCCC(=O)OC(CO)COC(=O)CCCCCCC/C=C\C/C=C\CCCCCC. The van der Waals surface area contributed by atoms with Gasteiger partial charge in [-0.2, -0.15) is 0 Å². The standard InChI is InChI=1S/C44H72O5/c1-3-5-7-9-11-13-15-17-19-21-22-23-25-27-29-31-33-35-37-39-44(47)49-42(40-45)41-48-43(46)38-36-34-32-30-28-26-24-20-18-16-14-12-10-8-6-4-2/h5,7,11,13-14,16-17,19-20,22-24,27,29,42,45H,3-4,6,8-10,12,15,18,21,25-26,28,30-41H2,1-2H3/b7-5-,13-11-,16-14-,19-17-,23-22-,24-20-,29-27-. The second-order valence-electron chi connectivity index (χ2n) is 12.6. The third kappa shape index (κ3) is 37.7. The van der Waals surface area contributed by atoms with Gasteiger partial charge in [-0.1, -0.05) is 144 Å². The second-order valence-corrected chi connectivity index (χ2v) is 12.6. The molecule has 0 aromatic carbocycles. The molecular formula is C44H72O5. The van der Waals surface area contributed by atoms with Crippen LogP contribution in [0.15, 0.2) is 85.1 Å². The number of allylic oxidation sites excluding steroid dienone is 14. The van der Waals surface area contributed by atoms with E-state index in [9.17, 15) is 14.7 Å². The van der Waals surface area contributed by atoms with Gasteiger partial charge in [-0.25, -0.2) is 0 Å². The van der Waals surface area contributed by atoms with Gasteiger partial charge in [0.2, 0.25) is 0 Å². The van der Waals surface area contributed by atoms with E-state index in [0.29, 0.717) is 12.8 Å². The van der Waals surface area contributed by atoms with Crippen LogP contribution in [0, 0.1) is 0 Å². The summed E-state index contributed by atoms with van der Waals surface area (Å²) in [6.07, 6.45) is 53.5. The van der Waals surface area contributed by atoms with Gasteiger partial charge in [0.15, 0.2) is 6.10 Å². The zero-order valence-electron chi connectivity index (χ0n) is 31.4. The summed E-state index contributed by atoms with van der Waals surface area (Å²) in [5.74, 6) is -0.653. The minimum absolute atomic E-state index is 0.0917. The molecule has 0 rings (SSSR count). The van der Waals surface area contributed by atoms with Crippen LogP contribution in [-0.2, 0) is 19.1 Å². The molecule has 0 amide bonds. The van der Waals surface area contributed by atoms with Crippen LogP contribution in [0.25, 0.3) is 0 Å². The van der Waals surface area contributed by atoms with Gasteiger partial charge in [-0.05, 0) is 89.9 Å². The summed E-state index contributed by atoms with van der Waals surface area (Å²) in [6.45, 7) is 3.95. The highest BCUT2D eigenvalue weighted by Gasteiger charge is 2.16. The molecule has 0 bridgehead atoms. The molecule has 0 saturated carbocycles. The first-order chi connectivity index (χ1) is 24.1. The summed E-state index contributed by atoms with van der Waals surface area (Å²) in [5, 5.41) is 9.55. The van der Waals surface area contributed by atoms with E-state index in [4.69, 9.17) is 9.47 Å². The van der Waals surface area contributed by atoms with Gasteiger partial charge in [0.05, 0.1) is 6.61 Å². The van der Waals surface area contributed by atoms with Crippen molar-refractivity contribution >= 4 is 11.9 Å². The summed E-state index contributed by atoms with van der Waals surface area (Å²) in [7, 11) is 0. The number of hydrogen-bond acceptors (Lipinski definition) is 5. The Bertz CT molecular complexity index is 952. The molecule has 1 N–H and O–H groups in total. The summed E-state index contributed by atoms with van der Waals surface area (Å²) < 4.78 is 10.6. The fourth-order valence-corrected chi connectivity index (χ4v) is 4.96. The Kier molecular flexibility index (Phi) is 37.2. The summed E-state index contributed by atoms with van der Waals surface area (Å²) >= 11 is 0. The molecule has 0 aromatic heterocycles. The Morgan fingerprint density at radius 2 is 0.878 bits per heavy atom. The molecule has 278 valence electrons. The van der Waals surface area contributed by atoms with E-state index in [1.54, 1.807) is 0 Å². The minimum Gasteiger partial charge on any atom is -0.462 e. The lowest BCUT2D eigenvalue weighted by atomic mass is 10.1. The number of aliphatic hydroxyl groups excluding tert-OH is 1. The van der Waals surface area contributed by atoms with Crippen molar-refractivity contribution in [3.05, 3.63) is 85.1 Å². The number of carbonyl (C=O) groups excluding carboxylic acids is 2. The maximum Gasteiger partial charge on any atom is 0.306 e. The topological polar surface area (TPSA) is 72.8 Å². The van der Waals surface area contributed by atoms with Gasteiger partial charge < -0.3 is 14.6 Å². The first kappa shape index (κ1) is 46.1. The summed E-state index contributed by atoms with van der Waals surface area (Å²) in [4.78, 5) is 24.2. The number of ether oxygens (including phenoxy) is 2. The normalized spacial score (nSPS) is 13.1. The minimum atomic E-state index is -0.799. The first-order valence-electron chi connectivity index (χ1n) is 19.6. The van der Waals surface area contributed by atoms with Gasteiger partial charge in [-0.15, -0.1) is 0 Å². The predicted molar refractivity (Wildman–Crippen MR) is 209 cm³/mol. The largest absolute Gasteiger partial charge is 0.462 e. The molecule has 0 aromatic rings. The van der Waals surface area contributed by atoms with Crippen molar-refractivity contribution in [1.82, 2.24) is 0 Å². The maximum atomic E-state index is 12.2. The Hall–Kier alpha value is -2.92. The van der Waals surface area contributed by atoms with Crippen molar-refractivity contribution in [2.24, 2.45) is 0 Å². The smallest absolute Gasteiger partial charge is 0.306 e. The van der Waals surface area contributed by atoms with Crippen LogP contribution in [-0.4, -0.2) is 36.4 Å². The molecule has 49 heavy (non-hydrogen) atoms. The third-order valence-electron chi connectivity index (χ3n) is 7.92. The van der Waals surface area contributed by atoms with Gasteiger partial charge in [0.1, 0.15) is 6.61 Å². The average Bonchev–Trinajstić information content (AvgIpc) is 3.10. The number of unbranched alkanes of at least 4 members (excludes halogenated alkanes) is 12. The van der Waals surface area contributed by atoms with Gasteiger partial charge in [0, 0.05) is 12.8 Å². The van der Waals surface area contributed by atoms with E-state index in [1.807, 2.05) is 0 Å². The number of carbonyl (C=O) groups is 2. The van der Waals surface area contributed by atoms with Crippen molar-refractivity contribution in [3.63, 3.8) is 0 Å². The van der Waals surface area contributed by atoms with Crippen molar-refractivity contribution in [3.8, 4) is 0 Å². The highest BCUT2D eigenvalue weighted by molar-refractivity contribution is 5.70. The van der Waals surface area contributed by atoms with Crippen molar-refractivity contribution in [2.75, 3.05) is 13.2 Å². The molecule has 5 heteroatoms. The lowest BCUT2D eigenvalue weighted by Crippen LogP contribution is -2.28. The molecule has 0 fully saturated rings. The Labute approximate surface area is 301 Å². The van der Waals surface area contributed by atoms with E-state index in [2.05, 4.69) is 98.9 Å². The Morgan fingerprint density at radius 1 is 0.490 bits per heavy atom. The van der Waals surface area contributed by atoms with Crippen LogP contribution in [0.4, 0.5) is 0 Å². The van der Waals surface area contributed by atoms with Crippen LogP contribution < -0.4 is 0 Å². The van der Waals surface area contributed by atoms with Crippen LogP contribution in [0.2, 0.25) is 0 Å². The predicted octanol–water partition coefficient (Wildman–Crippen LogP) is 12.3. The molecular weight excluding hydrogens is 608 g/mol. The highest BCUT2D eigenvalue weighted by Crippen LogP contribution is 2.10. The van der Waals surface area contributed by atoms with E-state index in [-0.39, 0.29) is 25.2 Å². The monoisotopic (exact) mass is 681 g/mol. The molecule has 0 aliphatic heterocycles. The molecule has 0 radical (unpaired) electrons. The van der Waals surface area contributed by atoms with Gasteiger partial charge in [0.25, 0.3) is 0 Å². The van der Waals surface area contributed by atoms with E-state index in [0.717, 1.165) is 89.9 Å². The van der Waals surface area contributed by atoms with Crippen molar-refractivity contribution in [2.45, 2.75) is 168 Å².